The second-order valence-corrected chi connectivity index (χ2v) is 6.71. The lowest BCUT2D eigenvalue weighted by Crippen LogP contribution is -2.31. The summed E-state index contributed by atoms with van der Waals surface area (Å²) in [6.07, 6.45) is 4.18. The van der Waals surface area contributed by atoms with Crippen molar-refractivity contribution in [1.29, 1.82) is 0 Å². The molecule has 134 valence electrons. The molecule has 2 aromatic heterocycles. The van der Waals surface area contributed by atoms with E-state index in [-0.39, 0.29) is 11.8 Å². The van der Waals surface area contributed by atoms with Crippen LogP contribution in [0.3, 0.4) is 0 Å². The van der Waals surface area contributed by atoms with Crippen molar-refractivity contribution in [2.75, 3.05) is 20.2 Å². The Morgan fingerprint density at radius 3 is 2.76 bits per heavy atom. The van der Waals surface area contributed by atoms with Crippen LogP contribution < -0.4 is 0 Å². The monoisotopic (exact) mass is 343 g/mol. The van der Waals surface area contributed by atoms with Crippen LogP contribution in [0.15, 0.2) is 18.3 Å². The highest BCUT2D eigenvalue weighted by Gasteiger charge is 2.31. The number of Topliss-reactive ketones (excluding diaryl/α,β-unsaturated/α-hetero) is 1. The molecule has 0 bridgehead atoms. The standard InChI is InChI=1S/C19H25N3O3/c1-12-17(19(24)25-4)13(2)20-18(12)16(23)11-22-10-6-8-15(22)14-7-5-9-21(14)3/h5,7,9,15,20H,6,8,10-11H2,1-4H3. The SMILES string of the molecule is COC(=O)c1c(C)[nH]c(C(=O)CN2CCCC2c2cccn2C)c1C. The average molecular weight is 343 g/mol. The van der Waals surface area contributed by atoms with Crippen LogP contribution >= 0.6 is 0 Å². The number of esters is 1. The number of likely N-dealkylation sites (tertiary alicyclic amines) is 1. The Kier molecular flexibility index (Phi) is 4.81. The quantitative estimate of drug-likeness (QED) is 0.670. The minimum absolute atomic E-state index is 0.0110. The van der Waals surface area contributed by atoms with Crippen molar-refractivity contribution in [1.82, 2.24) is 14.5 Å². The highest BCUT2D eigenvalue weighted by atomic mass is 16.5. The molecule has 3 rings (SSSR count). The number of aromatic amines is 1. The topological polar surface area (TPSA) is 67.3 Å². The van der Waals surface area contributed by atoms with E-state index in [2.05, 4.69) is 20.5 Å². The van der Waals surface area contributed by atoms with E-state index in [0.717, 1.165) is 19.4 Å². The lowest BCUT2D eigenvalue weighted by molar-refractivity contribution is 0.0599. The minimum atomic E-state index is -0.409. The molecule has 6 heteroatoms. The molecular weight excluding hydrogens is 318 g/mol. The number of nitrogens with zero attached hydrogens (tertiary/aromatic N) is 2. The first-order chi connectivity index (χ1) is 11.9. The second-order valence-electron chi connectivity index (χ2n) is 6.71. The van der Waals surface area contributed by atoms with Crippen LogP contribution in [-0.2, 0) is 11.8 Å². The summed E-state index contributed by atoms with van der Waals surface area (Å²) < 4.78 is 6.94. The van der Waals surface area contributed by atoms with Crippen LogP contribution in [0.4, 0.5) is 0 Å². The molecule has 25 heavy (non-hydrogen) atoms. The van der Waals surface area contributed by atoms with E-state index < -0.39 is 5.97 Å². The van der Waals surface area contributed by atoms with E-state index >= 15 is 0 Å². The van der Waals surface area contributed by atoms with Gasteiger partial charge in [0.1, 0.15) is 0 Å². The summed E-state index contributed by atoms with van der Waals surface area (Å²) in [4.78, 5) is 30.1. The maximum absolute atomic E-state index is 12.9. The van der Waals surface area contributed by atoms with Crippen LogP contribution in [0.2, 0.25) is 0 Å². The summed E-state index contributed by atoms with van der Waals surface area (Å²) in [6.45, 7) is 4.84. The predicted octanol–water partition coefficient (Wildman–Crippen LogP) is 2.78. The number of aryl methyl sites for hydroxylation is 2. The largest absolute Gasteiger partial charge is 0.465 e. The average Bonchev–Trinajstić information content (AvgIpc) is 3.26. The highest BCUT2D eigenvalue weighted by molar-refractivity contribution is 6.02. The molecule has 0 aliphatic carbocycles. The number of ketones is 1. The van der Waals surface area contributed by atoms with Gasteiger partial charge >= 0.3 is 5.97 Å². The second kappa shape index (κ2) is 6.88. The number of aromatic nitrogens is 2. The molecule has 1 unspecified atom stereocenters. The number of methoxy groups -OCH3 is 1. The molecule has 0 amide bonds. The van der Waals surface area contributed by atoms with E-state index in [0.29, 0.717) is 29.1 Å². The van der Waals surface area contributed by atoms with Crippen molar-refractivity contribution in [2.24, 2.45) is 7.05 Å². The van der Waals surface area contributed by atoms with Gasteiger partial charge in [-0.1, -0.05) is 0 Å². The van der Waals surface area contributed by atoms with Crippen LogP contribution in [0.1, 0.15) is 56.7 Å². The number of hydrogen-bond acceptors (Lipinski definition) is 4. The Morgan fingerprint density at radius 1 is 1.36 bits per heavy atom. The third-order valence-corrected chi connectivity index (χ3v) is 5.14. The van der Waals surface area contributed by atoms with Gasteiger partial charge in [-0.15, -0.1) is 0 Å². The van der Waals surface area contributed by atoms with Gasteiger partial charge < -0.3 is 14.3 Å². The van der Waals surface area contributed by atoms with Gasteiger partial charge in [0.2, 0.25) is 0 Å². The van der Waals surface area contributed by atoms with Crippen LogP contribution in [0.25, 0.3) is 0 Å². The zero-order chi connectivity index (χ0) is 18.1. The summed E-state index contributed by atoms with van der Waals surface area (Å²) in [5.74, 6) is -0.398. The number of hydrogen-bond donors (Lipinski definition) is 1. The molecule has 1 atom stereocenters. The fraction of sp³-hybridized carbons (Fsp3) is 0.474. The molecule has 0 saturated carbocycles. The van der Waals surface area contributed by atoms with Gasteiger partial charge in [0.15, 0.2) is 5.78 Å². The van der Waals surface area contributed by atoms with E-state index in [9.17, 15) is 9.59 Å². The Bertz CT molecular complexity index is 803. The zero-order valence-corrected chi connectivity index (χ0v) is 15.3. The van der Waals surface area contributed by atoms with Crippen molar-refractivity contribution in [3.05, 3.63) is 46.5 Å². The van der Waals surface area contributed by atoms with E-state index in [1.165, 1.54) is 12.8 Å². The van der Waals surface area contributed by atoms with E-state index in [1.54, 1.807) is 13.8 Å². The summed E-state index contributed by atoms with van der Waals surface area (Å²) in [5, 5.41) is 0. The van der Waals surface area contributed by atoms with Gasteiger partial charge in [-0.3, -0.25) is 9.69 Å². The van der Waals surface area contributed by atoms with Gasteiger partial charge in [-0.2, -0.15) is 0 Å². The van der Waals surface area contributed by atoms with Gasteiger partial charge in [-0.25, -0.2) is 4.79 Å². The van der Waals surface area contributed by atoms with Crippen molar-refractivity contribution >= 4 is 11.8 Å². The van der Waals surface area contributed by atoms with Gasteiger partial charge in [0.25, 0.3) is 0 Å². The fourth-order valence-electron chi connectivity index (χ4n) is 3.87. The number of carbonyl (C=O) groups excluding carboxylic acids is 2. The first-order valence-electron chi connectivity index (χ1n) is 8.60. The molecule has 1 fully saturated rings. The van der Waals surface area contributed by atoms with Gasteiger partial charge in [0.05, 0.1) is 31.0 Å². The van der Waals surface area contributed by atoms with Crippen molar-refractivity contribution in [3.8, 4) is 0 Å². The lowest BCUT2D eigenvalue weighted by atomic mass is 10.1. The molecule has 0 radical (unpaired) electrons. The predicted molar refractivity (Wildman–Crippen MR) is 94.9 cm³/mol. The smallest absolute Gasteiger partial charge is 0.339 e. The molecule has 2 aromatic rings. The number of rotatable bonds is 5. The molecule has 1 aliphatic rings. The van der Waals surface area contributed by atoms with Crippen LogP contribution in [0.5, 0.6) is 0 Å². The maximum atomic E-state index is 12.9. The van der Waals surface area contributed by atoms with Gasteiger partial charge in [-0.05, 0) is 50.9 Å². The lowest BCUT2D eigenvalue weighted by Gasteiger charge is -2.24. The third-order valence-electron chi connectivity index (χ3n) is 5.14. The van der Waals surface area contributed by atoms with Gasteiger partial charge in [0, 0.05) is 24.6 Å². The van der Waals surface area contributed by atoms with E-state index in [4.69, 9.17) is 4.74 Å². The third kappa shape index (κ3) is 3.14. The molecule has 0 spiro atoms. The van der Waals surface area contributed by atoms with Crippen molar-refractivity contribution in [3.63, 3.8) is 0 Å². The fourth-order valence-corrected chi connectivity index (χ4v) is 3.87. The molecule has 0 aromatic carbocycles. The van der Waals surface area contributed by atoms with Crippen LogP contribution in [-0.4, -0.2) is 46.4 Å². The summed E-state index contributed by atoms with van der Waals surface area (Å²) in [7, 11) is 3.39. The Morgan fingerprint density at radius 2 is 2.12 bits per heavy atom. The molecule has 1 aliphatic heterocycles. The maximum Gasteiger partial charge on any atom is 0.339 e. The van der Waals surface area contributed by atoms with Crippen LogP contribution in [0, 0.1) is 13.8 Å². The number of nitrogens with one attached hydrogen (secondary N) is 1. The first-order valence-corrected chi connectivity index (χ1v) is 8.60. The molecule has 6 nitrogen and oxygen atoms in total. The summed E-state index contributed by atoms with van der Waals surface area (Å²) in [5.41, 5.74) is 3.55. The summed E-state index contributed by atoms with van der Waals surface area (Å²) >= 11 is 0. The Hall–Kier alpha value is -2.34. The Balaban J connectivity index is 1.81. The van der Waals surface area contributed by atoms with E-state index in [1.807, 2.05) is 19.3 Å². The van der Waals surface area contributed by atoms with Crippen molar-refractivity contribution < 1.29 is 14.3 Å². The number of H-pyrrole nitrogens is 1. The Labute approximate surface area is 147 Å². The molecule has 1 N–H and O–H groups in total. The summed E-state index contributed by atoms with van der Waals surface area (Å²) in [6, 6.07) is 4.42. The molecule has 3 heterocycles. The molecular formula is C19H25N3O3. The van der Waals surface area contributed by atoms with Crippen molar-refractivity contribution in [2.45, 2.75) is 32.7 Å². The minimum Gasteiger partial charge on any atom is -0.465 e. The number of ether oxygens (including phenoxy) is 1. The molecule has 1 saturated heterocycles. The number of carbonyl (C=O) groups is 2. The normalized spacial score (nSPS) is 17.8. The zero-order valence-electron chi connectivity index (χ0n) is 15.3. The highest BCUT2D eigenvalue weighted by Crippen LogP contribution is 2.32. The first kappa shape index (κ1) is 17.5.